The molecule has 0 atom stereocenters. The number of rotatable bonds is 7. The number of aromatic amines is 1. The molecule has 0 aliphatic heterocycles. The molecular weight excluding hydrogens is 489 g/mol. The number of para-hydroxylation sites is 1. The van der Waals surface area contributed by atoms with Crippen molar-refractivity contribution in [1.82, 2.24) is 20.5 Å². The fourth-order valence-electron chi connectivity index (χ4n) is 4.42. The van der Waals surface area contributed by atoms with E-state index >= 15 is 0 Å². The normalized spacial score (nSPS) is 15.7. The first-order chi connectivity index (χ1) is 14.0. The van der Waals surface area contributed by atoms with Crippen LogP contribution in [0.15, 0.2) is 29.4 Å². The standard InChI is InChI=1S/C23H35N5O.HI/c1-5-24-22(27-16-23(12-6-7-13-23)21(29)28(3)4)25-14-11-18-15-26-20-17(2)9-8-10-19(18)20;/h8-10,15,26H,5-7,11-14,16H2,1-4H3,(H2,24,25,27);1H. The van der Waals surface area contributed by atoms with Gasteiger partial charge in [-0.2, -0.15) is 0 Å². The maximum atomic E-state index is 12.8. The van der Waals surface area contributed by atoms with Crippen molar-refractivity contribution in [1.29, 1.82) is 0 Å². The predicted octanol–water partition coefficient (Wildman–Crippen LogP) is 3.84. The first kappa shape index (κ1) is 24.5. The third kappa shape index (κ3) is 5.47. The second kappa shape index (κ2) is 11.0. The van der Waals surface area contributed by atoms with Gasteiger partial charge in [0.1, 0.15) is 0 Å². The number of carbonyl (C=O) groups excluding carboxylic acids is 1. The lowest BCUT2D eigenvalue weighted by Gasteiger charge is -2.29. The molecule has 1 aliphatic carbocycles. The summed E-state index contributed by atoms with van der Waals surface area (Å²) in [4.78, 5) is 22.7. The van der Waals surface area contributed by atoms with Crippen molar-refractivity contribution >= 4 is 46.7 Å². The molecule has 2 aromatic rings. The second-order valence-electron chi connectivity index (χ2n) is 8.37. The minimum Gasteiger partial charge on any atom is -0.361 e. The molecule has 0 spiro atoms. The van der Waals surface area contributed by atoms with Crippen LogP contribution in [0.4, 0.5) is 0 Å². The van der Waals surface area contributed by atoms with E-state index in [1.165, 1.54) is 22.0 Å². The average molecular weight is 525 g/mol. The van der Waals surface area contributed by atoms with E-state index in [1.807, 2.05) is 14.1 Å². The molecule has 166 valence electrons. The summed E-state index contributed by atoms with van der Waals surface area (Å²) in [6.07, 6.45) is 7.10. The number of hydrogen-bond acceptors (Lipinski definition) is 2. The van der Waals surface area contributed by atoms with Crippen LogP contribution in [-0.4, -0.2) is 55.5 Å². The van der Waals surface area contributed by atoms with E-state index in [1.54, 1.807) is 4.90 Å². The van der Waals surface area contributed by atoms with Gasteiger partial charge in [0, 0.05) is 44.3 Å². The molecule has 1 heterocycles. The first-order valence-electron chi connectivity index (χ1n) is 10.8. The van der Waals surface area contributed by atoms with Gasteiger partial charge in [0.25, 0.3) is 0 Å². The topological polar surface area (TPSA) is 72.5 Å². The van der Waals surface area contributed by atoms with Crippen LogP contribution in [0.3, 0.4) is 0 Å². The second-order valence-corrected chi connectivity index (χ2v) is 8.37. The summed E-state index contributed by atoms with van der Waals surface area (Å²) >= 11 is 0. The van der Waals surface area contributed by atoms with E-state index in [-0.39, 0.29) is 35.3 Å². The highest BCUT2D eigenvalue weighted by Gasteiger charge is 2.42. The van der Waals surface area contributed by atoms with Crippen LogP contribution >= 0.6 is 24.0 Å². The molecule has 1 aliphatic rings. The van der Waals surface area contributed by atoms with E-state index in [0.29, 0.717) is 6.54 Å². The summed E-state index contributed by atoms with van der Waals surface area (Å²) in [5, 5.41) is 8.06. The number of aliphatic imine (C=N–C) groups is 1. The number of aryl methyl sites for hydroxylation is 1. The number of fused-ring (bicyclic) bond motifs is 1. The number of nitrogens with zero attached hydrogens (tertiary/aromatic N) is 2. The first-order valence-corrected chi connectivity index (χ1v) is 10.8. The Labute approximate surface area is 197 Å². The summed E-state index contributed by atoms with van der Waals surface area (Å²) < 4.78 is 0. The van der Waals surface area contributed by atoms with Gasteiger partial charge in [-0.1, -0.05) is 31.0 Å². The number of hydrogen-bond donors (Lipinski definition) is 3. The van der Waals surface area contributed by atoms with E-state index in [9.17, 15) is 4.79 Å². The van der Waals surface area contributed by atoms with Crippen LogP contribution in [0.1, 0.15) is 43.7 Å². The van der Waals surface area contributed by atoms with Crippen molar-refractivity contribution in [3.05, 3.63) is 35.5 Å². The van der Waals surface area contributed by atoms with E-state index in [4.69, 9.17) is 4.99 Å². The Morgan fingerprint density at radius 2 is 1.97 bits per heavy atom. The molecule has 1 saturated carbocycles. The summed E-state index contributed by atoms with van der Waals surface area (Å²) in [5.41, 5.74) is 3.46. The lowest BCUT2D eigenvalue weighted by molar-refractivity contribution is -0.138. The summed E-state index contributed by atoms with van der Waals surface area (Å²) in [6.45, 7) is 6.33. The van der Waals surface area contributed by atoms with Crippen molar-refractivity contribution in [2.24, 2.45) is 10.4 Å². The average Bonchev–Trinajstić information content (AvgIpc) is 3.34. The number of halogens is 1. The van der Waals surface area contributed by atoms with Crippen LogP contribution in [0.5, 0.6) is 0 Å². The maximum Gasteiger partial charge on any atom is 0.230 e. The number of benzene rings is 1. The van der Waals surface area contributed by atoms with Gasteiger partial charge in [-0.15, -0.1) is 24.0 Å². The van der Waals surface area contributed by atoms with Crippen molar-refractivity contribution in [3.63, 3.8) is 0 Å². The zero-order valence-corrected chi connectivity index (χ0v) is 21.0. The Bertz CT molecular complexity index is 868. The van der Waals surface area contributed by atoms with Crippen molar-refractivity contribution in [3.8, 4) is 0 Å². The summed E-state index contributed by atoms with van der Waals surface area (Å²) in [6, 6.07) is 6.41. The SMILES string of the molecule is CCNC(=NCC1(C(=O)N(C)C)CCCC1)NCCc1c[nH]c2c(C)cccc12.I. The summed E-state index contributed by atoms with van der Waals surface area (Å²) in [5.74, 6) is 1.00. The quantitative estimate of drug-likeness (QED) is 0.292. The Hall–Kier alpha value is -1.77. The number of nitrogens with one attached hydrogen (secondary N) is 3. The molecule has 0 bridgehead atoms. The summed E-state index contributed by atoms with van der Waals surface area (Å²) in [7, 11) is 3.69. The Morgan fingerprint density at radius 1 is 1.23 bits per heavy atom. The number of aromatic nitrogens is 1. The minimum atomic E-state index is -0.333. The largest absolute Gasteiger partial charge is 0.361 e. The Kier molecular flexibility index (Phi) is 9.00. The van der Waals surface area contributed by atoms with E-state index < -0.39 is 0 Å². The van der Waals surface area contributed by atoms with Crippen LogP contribution < -0.4 is 10.6 Å². The Morgan fingerprint density at radius 3 is 2.63 bits per heavy atom. The molecule has 1 aromatic heterocycles. The molecule has 1 aromatic carbocycles. The molecule has 0 saturated heterocycles. The lowest BCUT2D eigenvalue weighted by Crippen LogP contribution is -2.43. The molecule has 1 fully saturated rings. The van der Waals surface area contributed by atoms with Gasteiger partial charge in [-0.05, 0) is 44.2 Å². The smallest absolute Gasteiger partial charge is 0.230 e. The highest BCUT2D eigenvalue weighted by atomic mass is 127. The maximum absolute atomic E-state index is 12.8. The van der Waals surface area contributed by atoms with Gasteiger partial charge in [0.15, 0.2) is 5.96 Å². The number of H-pyrrole nitrogens is 1. The molecule has 6 nitrogen and oxygen atoms in total. The monoisotopic (exact) mass is 525 g/mol. The highest BCUT2D eigenvalue weighted by molar-refractivity contribution is 14.0. The number of carbonyl (C=O) groups is 1. The number of amides is 1. The molecule has 0 unspecified atom stereocenters. The van der Waals surface area contributed by atoms with Gasteiger partial charge in [0.2, 0.25) is 5.91 Å². The molecule has 3 N–H and O–H groups in total. The van der Waals surface area contributed by atoms with Gasteiger partial charge in [0.05, 0.1) is 12.0 Å². The van der Waals surface area contributed by atoms with Gasteiger partial charge < -0.3 is 20.5 Å². The molecule has 3 rings (SSSR count). The zero-order valence-electron chi connectivity index (χ0n) is 18.7. The van der Waals surface area contributed by atoms with Crippen molar-refractivity contribution < 1.29 is 4.79 Å². The molecule has 7 heteroatoms. The fraction of sp³-hybridized carbons (Fsp3) is 0.565. The third-order valence-corrected chi connectivity index (χ3v) is 6.00. The van der Waals surface area contributed by atoms with Crippen molar-refractivity contribution in [2.75, 3.05) is 33.7 Å². The van der Waals surface area contributed by atoms with Gasteiger partial charge >= 0.3 is 0 Å². The van der Waals surface area contributed by atoms with Crippen molar-refractivity contribution in [2.45, 2.75) is 46.0 Å². The molecule has 1 amide bonds. The molecular formula is C23H36IN5O. The van der Waals surface area contributed by atoms with Crippen LogP contribution in [0.25, 0.3) is 10.9 Å². The minimum absolute atomic E-state index is 0. The lowest BCUT2D eigenvalue weighted by atomic mass is 9.85. The Balaban J connectivity index is 0.00000320. The predicted molar refractivity (Wildman–Crippen MR) is 136 cm³/mol. The molecule has 0 radical (unpaired) electrons. The van der Waals surface area contributed by atoms with Crippen LogP contribution in [0, 0.1) is 12.3 Å². The van der Waals surface area contributed by atoms with Gasteiger partial charge in [-0.25, -0.2) is 0 Å². The highest BCUT2D eigenvalue weighted by Crippen LogP contribution is 2.39. The van der Waals surface area contributed by atoms with Crippen LogP contribution in [-0.2, 0) is 11.2 Å². The van der Waals surface area contributed by atoms with E-state index in [2.05, 4.69) is 53.9 Å². The fourth-order valence-corrected chi connectivity index (χ4v) is 4.42. The molecule has 30 heavy (non-hydrogen) atoms. The van der Waals surface area contributed by atoms with E-state index in [0.717, 1.165) is 51.2 Å². The zero-order chi connectivity index (χ0) is 20.9. The number of guanidine groups is 1. The van der Waals surface area contributed by atoms with Crippen LogP contribution in [0.2, 0.25) is 0 Å². The third-order valence-electron chi connectivity index (χ3n) is 6.00. The van der Waals surface area contributed by atoms with Gasteiger partial charge in [-0.3, -0.25) is 9.79 Å².